The van der Waals surface area contributed by atoms with Crippen LogP contribution in [0.5, 0.6) is 5.75 Å². The number of nitrogens with one attached hydrogen (secondary N) is 1. The summed E-state index contributed by atoms with van der Waals surface area (Å²) < 4.78 is 5.70. The molecule has 2 aromatic rings. The molecule has 0 saturated heterocycles. The highest BCUT2D eigenvalue weighted by molar-refractivity contribution is 5.89. The number of hydrogen-bond acceptors (Lipinski definition) is 4. The van der Waals surface area contributed by atoms with Crippen LogP contribution in [0, 0.1) is 0 Å². The molecule has 3 rings (SSSR count). The molecule has 21 heavy (non-hydrogen) atoms. The maximum Gasteiger partial charge on any atom is 0.153 e. The molecule has 1 aliphatic heterocycles. The quantitative estimate of drug-likeness (QED) is 0.906. The van der Waals surface area contributed by atoms with Gasteiger partial charge >= 0.3 is 0 Å². The van der Waals surface area contributed by atoms with Crippen LogP contribution in [0.4, 0.5) is 5.69 Å². The van der Waals surface area contributed by atoms with Crippen LogP contribution in [0.25, 0.3) is 0 Å². The lowest BCUT2D eigenvalue weighted by Crippen LogP contribution is -2.33. The Morgan fingerprint density at radius 1 is 1.10 bits per heavy atom. The molecule has 0 spiro atoms. The third-order valence-electron chi connectivity index (χ3n) is 3.49. The predicted octanol–water partition coefficient (Wildman–Crippen LogP) is 2.75. The number of rotatable bonds is 4. The van der Waals surface area contributed by atoms with Crippen LogP contribution in [0.15, 0.2) is 53.5 Å². The molecule has 4 heteroatoms. The Morgan fingerprint density at radius 2 is 1.86 bits per heavy atom. The number of nitrogens with two attached hydrogens (primary N) is 1. The van der Waals surface area contributed by atoms with Gasteiger partial charge in [0.15, 0.2) is 6.10 Å². The first-order chi connectivity index (χ1) is 10.2. The van der Waals surface area contributed by atoms with Crippen molar-refractivity contribution in [3.63, 3.8) is 0 Å². The number of amidine groups is 1. The fourth-order valence-corrected chi connectivity index (χ4v) is 2.29. The second-order valence-corrected chi connectivity index (χ2v) is 5.19. The molecule has 0 saturated carbocycles. The van der Waals surface area contributed by atoms with Crippen molar-refractivity contribution in [2.45, 2.75) is 26.1 Å². The fourth-order valence-electron chi connectivity index (χ4n) is 2.29. The minimum atomic E-state index is -0.153. The summed E-state index contributed by atoms with van der Waals surface area (Å²) in [7, 11) is 0. The minimum Gasteiger partial charge on any atom is -0.481 e. The van der Waals surface area contributed by atoms with Gasteiger partial charge in [0.25, 0.3) is 0 Å². The van der Waals surface area contributed by atoms with E-state index in [2.05, 4.69) is 28.5 Å². The number of hydrogen-bond donors (Lipinski definition) is 2. The van der Waals surface area contributed by atoms with E-state index in [1.54, 1.807) is 0 Å². The van der Waals surface area contributed by atoms with Crippen LogP contribution in [-0.2, 0) is 13.1 Å². The second-order valence-electron chi connectivity index (χ2n) is 5.19. The summed E-state index contributed by atoms with van der Waals surface area (Å²) >= 11 is 0. The van der Waals surface area contributed by atoms with Gasteiger partial charge in [0.2, 0.25) is 0 Å². The van der Waals surface area contributed by atoms with Gasteiger partial charge in [-0.2, -0.15) is 0 Å². The van der Waals surface area contributed by atoms with E-state index < -0.39 is 0 Å². The summed E-state index contributed by atoms with van der Waals surface area (Å²) in [5, 5.41) is 3.42. The predicted molar refractivity (Wildman–Crippen MR) is 84.8 cm³/mol. The molecule has 3 N–H and O–H groups in total. The molecule has 4 nitrogen and oxygen atoms in total. The fraction of sp³-hybridized carbons (Fsp3) is 0.235. The van der Waals surface area contributed by atoms with Crippen LogP contribution >= 0.6 is 0 Å². The van der Waals surface area contributed by atoms with Crippen molar-refractivity contribution >= 4 is 11.5 Å². The Balaban J connectivity index is 1.64. The molecule has 1 aliphatic rings. The average molecular weight is 281 g/mol. The van der Waals surface area contributed by atoms with E-state index in [-0.39, 0.29) is 6.10 Å². The molecular weight excluding hydrogens is 262 g/mol. The van der Waals surface area contributed by atoms with Crippen molar-refractivity contribution in [3.8, 4) is 5.75 Å². The lowest BCUT2D eigenvalue weighted by atomic mass is 10.1. The van der Waals surface area contributed by atoms with Gasteiger partial charge in [-0.3, -0.25) is 0 Å². The number of benzene rings is 2. The molecule has 0 bridgehead atoms. The highest BCUT2D eigenvalue weighted by Crippen LogP contribution is 2.32. The van der Waals surface area contributed by atoms with Gasteiger partial charge in [-0.05, 0) is 30.2 Å². The number of nitrogens with zero attached hydrogens (tertiary/aromatic N) is 1. The lowest BCUT2D eigenvalue weighted by molar-refractivity contribution is 0.281. The summed E-state index contributed by atoms with van der Waals surface area (Å²) in [6, 6.07) is 16.4. The monoisotopic (exact) mass is 281 g/mol. The molecule has 0 fully saturated rings. The van der Waals surface area contributed by atoms with E-state index in [9.17, 15) is 0 Å². The topological polar surface area (TPSA) is 59.6 Å². The van der Waals surface area contributed by atoms with Crippen molar-refractivity contribution in [3.05, 3.63) is 59.7 Å². The second kappa shape index (κ2) is 5.97. The molecule has 0 aliphatic carbocycles. The van der Waals surface area contributed by atoms with Crippen molar-refractivity contribution in [1.29, 1.82) is 0 Å². The molecule has 1 atom stereocenters. The van der Waals surface area contributed by atoms with E-state index in [0.29, 0.717) is 5.84 Å². The first kappa shape index (κ1) is 13.6. The molecule has 0 radical (unpaired) electrons. The van der Waals surface area contributed by atoms with Crippen molar-refractivity contribution < 1.29 is 4.74 Å². The summed E-state index contributed by atoms with van der Waals surface area (Å²) in [6.07, 6.45) is -0.153. The Hall–Kier alpha value is -2.33. The molecule has 1 unspecified atom stereocenters. The SMILES string of the molecule is CC1Oc2ccc(CNCc3ccccc3)cc2N=C1N. The summed E-state index contributed by atoms with van der Waals surface area (Å²) in [6.45, 7) is 3.53. The van der Waals surface area contributed by atoms with Gasteiger partial charge in [-0.15, -0.1) is 0 Å². The Labute approximate surface area is 124 Å². The zero-order valence-electron chi connectivity index (χ0n) is 12.0. The maximum atomic E-state index is 5.83. The van der Waals surface area contributed by atoms with Crippen LogP contribution < -0.4 is 15.8 Å². The number of ether oxygens (including phenoxy) is 1. The van der Waals surface area contributed by atoms with E-state index in [1.165, 1.54) is 11.1 Å². The van der Waals surface area contributed by atoms with Gasteiger partial charge in [-0.1, -0.05) is 36.4 Å². The van der Waals surface area contributed by atoms with Crippen LogP contribution in [0.3, 0.4) is 0 Å². The average Bonchev–Trinajstić information content (AvgIpc) is 2.50. The number of fused-ring (bicyclic) bond motifs is 1. The molecule has 0 aromatic heterocycles. The third kappa shape index (κ3) is 3.23. The van der Waals surface area contributed by atoms with Gasteiger partial charge in [0.05, 0.1) is 0 Å². The summed E-state index contributed by atoms with van der Waals surface area (Å²) in [5.74, 6) is 1.32. The Kier molecular flexibility index (Phi) is 3.88. The molecule has 1 heterocycles. The Bertz CT molecular complexity index is 652. The zero-order valence-corrected chi connectivity index (χ0v) is 12.0. The van der Waals surface area contributed by atoms with Gasteiger partial charge in [0.1, 0.15) is 17.3 Å². The Morgan fingerprint density at radius 3 is 2.67 bits per heavy atom. The maximum absolute atomic E-state index is 5.83. The summed E-state index contributed by atoms with van der Waals surface area (Å²) in [4.78, 5) is 4.40. The lowest BCUT2D eigenvalue weighted by Gasteiger charge is -2.21. The smallest absolute Gasteiger partial charge is 0.153 e. The number of aliphatic imine (C=N–C) groups is 1. The van der Waals surface area contributed by atoms with Crippen LogP contribution in [-0.4, -0.2) is 11.9 Å². The van der Waals surface area contributed by atoms with E-state index in [0.717, 1.165) is 24.5 Å². The first-order valence-electron chi connectivity index (χ1n) is 7.10. The molecule has 108 valence electrons. The highest BCUT2D eigenvalue weighted by atomic mass is 16.5. The molecular formula is C17H19N3O. The van der Waals surface area contributed by atoms with Crippen molar-refractivity contribution in [2.75, 3.05) is 0 Å². The highest BCUT2D eigenvalue weighted by Gasteiger charge is 2.17. The third-order valence-corrected chi connectivity index (χ3v) is 3.49. The van der Waals surface area contributed by atoms with E-state index >= 15 is 0 Å². The van der Waals surface area contributed by atoms with Crippen molar-refractivity contribution in [2.24, 2.45) is 10.7 Å². The largest absolute Gasteiger partial charge is 0.481 e. The minimum absolute atomic E-state index is 0.153. The zero-order chi connectivity index (χ0) is 14.7. The van der Waals surface area contributed by atoms with Gasteiger partial charge < -0.3 is 15.8 Å². The van der Waals surface area contributed by atoms with E-state index in [4.69, 9.17) is 10.5 Å². The first-order valence-corrected chi connectivity index (χ1v) is 7.10. The molecule has 0 amide bonds. The van der Waals surface area contributed by atoms with E-state index in [1.807, 2.05) is 37.3 Å². The van der Waals surface area contributed by atoms with Crippen LogP contribution in [0.2, 0.25) is 0 Å². The molecule has 2 aromatic carbocycles. The normalized spacial score (nSPS) is 16.8. The van der Waals surface area contributed by atoms with Gasteiger partial charge in [-0.25, -0.2) is 4.99 Å². The summed E-state index contributed by atoms with van der Waals surface area (Å²) in [5.41, 5.74) is 9.08. The van der Waals surface area contributed by atoms with Crippen molar-refractivity contribution in [1.82, 2.24) is 5.32 Å². The van der Waals surface area contributed by atoms with Crippen LogP contribution in [0.1, 0.15) is 18.1 Å². The standard InChI is InChI=1S/C17H19N3O/c1-12-17(18)20-15-9-14(7-8-16(15)21-12)11-19-10-13-5-3-2-4-6-13/h2-9,12,19H,10-11H2,1H3,(H2,18,20). The van der Waals surface area contributed by atoms with Gasteiger partial charge in [0, 0.05) is 13.1 Å².